The van der Waals surface area contributed by atoms with Gasteiger partial charge in [-0.1, -0.05) is 0 Å². The van der Waals surface area contributed by atoms with Gasteiger partial charge in [0.25, 0.3) is 5.78 Å². The van der Waals surface area contributed by atoms with Crippen LogP contribution in [0.2, 0.25) is 0 Å². The molecule has 1 atom stereocenters. The number of rotatable bonds is 3. The van der Waals surface area contributed by atoms with Crippen LogP contribution in [0.1, 0.15) is 6.92 Å². The van der Waals surface area contributed by atoms with Crippen LogP contribution in [-0.2, 0) is 19.1 Å². The third-order valence-corrected chi connectivity index (χ3v) is 1.16. The molecule has 0 aromatic heterocycles. The van der Waals surface area contributed by atoms with E-state index in [1.165, 1.54) is 6.92 Å². The van der Waals surface area contributed by atoms with Crippen molar-refractivity contribution in [2.45, 2.75) is 6.92 Å². The molecule has 0 aromatic carbocycles. The Bertz CT molecular complexity index is 195. The molecule has 0 aliphatic carbocycles. The Kier molecular flexibility index (Phi) is 3.23. The second kappa shape index (κ2) is 3.70. The monoisotopic (exact) mass is 160 g/mol. The molecule has 0 fully saturated rings. The normalized spacial score (nSPS) is 11.8. The van der Waals surface area contributed by atoms with Gasteiger partial charge in [0.1, 0.15) is 5.92 Å². The topological polar surface area (TPSA) is 80.7 Å². The SMILES string of the molecule is COC(=O)C(C)C(=O)C(=O)O. The van der Waals surface area contributed by atoms with Crippen LogP contribution in [0.15, 0.2) is 0 Å². The molecule has 0 aromatic rings. The van der Waals surface area contributed by atoms with E-state index in [4.69, 9.17) is 5.11 Å². The molecule has 0 saturated carbocycles. The molecule has 0 bridgehead atoms. The maximum Gasteiger partial charge on any atom is 0.373 e. The lowest BCUT2D eigenvalue weighted by Gasteiger charge is -2.02. The summed E-state index contributed by atoms with van der Waals surface area (Å²) in [7, 11) is 1.09. The van der Waals surface area contributed by atoms with E-state index in [1.54, 1.807) is 0 Å². The van der Waals surface area contributed by atoms with Crippen molar-refractivity contribution in [1.29, 1.82) is 0 Å². The van der Waals surface area contributed by atoms with Crippen molar-refractivity contribution in [3.63, 3.8) is 0 Å². The summed E-state index contributed by atoms with van der Waals surface area (Å²) in [6.45, 7) is 1.18. The molecule has 5 heteroatoms. The van der Waals surface area contributed by atoms with Gasteiger partial charge in [-0.3, -0.25) is 9.59 Å². The zero-order valence-electron chi connectivity index (χ0n) is 6.16. The number of carboxylic acid groups (broad SMARTS) is 1. The van der Waals surface area contributed by atoms with E-state index in [2.05, 4.69) is 4.74 Å². The summed E-state index contributed by atoms with van der Waals surface area (Å²) >= 11 is 0. The zero-order valence-corrected chi connectivity index (χ0v) is 6.16. The minimum absolute atomic E-state index is 0.836. The first-order valence-electron chi connectivity index (χ1n) is 2.85. The average molecular weight is 160 g/mol. The summed E-state index contributed by atoms with van der Waals surface area (Å²) in [6.07, 6.45) is 0. The molecule has 62 valence electrons. The number of hydrogen-bond acceptors (Lipinski definition) is 4. The maximum absolute atomic E-state index is 10.6. The van der Waals surface area contributed by atoms with Crippen molar-refractivity contribution in [2.24, 2.45) is 5.92 Å². The zero-order chi connectivity index (χ0) is 9.02. The third-order valence-electron chi connectivity index (χ3n) is 1.16. The number of carboxylic acids is 1. The fourth-order valence-corrected chi connectivity index (χ4v) is 0.469. The first-order chi connectivity index (χ1) is 5.00. The molecule has 0 heterocycles. The van der Waals surface area contributed by atoms with E-state index < -0.39 is 23.6 Å². The number of Topliss-reactive ketones (excluding diaryl/α,β-unsaturated/α-hetero) is 1. The lowest BCUT2D eigenvalue weighted by molar-refractivity contribution is -0.157. The number of aliphatic carboxylic acids is 1. The predicted octanol–water partition coefficient (Wildman–Crippen LogP) is -0.551. The molecule has 1 unspecified atom stereocenters. The highest BCUT2D eigenvalue weighted by molar-refractivity contribution is 6.36. The number of methoxy groups -OCH3 is 1. The van der Waals surface area contributed by atoms with Gasteiger partial charge in [-0.25, -0.2) is 4.79 Å². The first kappa shape index (κ1) is 9.61. The average Bonchev–Trinajstić information content (AvgIpc) is 2.00. The molecule has 0 aliphatic heterocycles. The Morgan fingerprint density at radius 2 is 1.82 bits per heavy atom. The maximum atomic E-state index is 10.6. The number of esters is 1. The lowest BCUT2D eigenvalue weighted by atomic mass is 10.1. The van der Waals surface area contributed by atoms with Gasteiger partial charge in [0.15, 0.2) is 0 Å². The van der Waals surface area contributed by atoms with E-state index in [1.807, 2.05) is 0 Å². The summed E-state index contributed by atoms with van der Waals surface area (Å²) in [6, 6.07) is 0. The fraction of sp³-hybridized carbons (Fsp3) is 0.500. The van der Waals surface area contributed by atoms with Crippen LogP contribution in [0, 0.1) is 5.92 Å². The van der Waals surface area contributed by atoms with Crippen LogP contribution < -0.4 is 0 Å². The smallest absolute Gasteiger partial charge is 0.373 e. The molecule has 0 rings (SSSR count). The van der Waals surface area contributed by atoms with Crippen LogP contribution in [0.5, 0.6) is 0 Å². The van der Waals surface area contributed by atoms with Crippen LogP contribution in [0.3, 0.4) is 0 Å². The van der Waals surface area contributed by atoms with Crippen LogP contribution in [0.4, 0.5) is 0 Å². The van der Waals surface area contributed by atoms with Crippen LogP contribution >= 0.6 is 0 Å². The Hall–Kier alpha value is -1.39. The van der Waals surface area contributed by atoms with Gasteiger partial charge in [0, 0.05) is 0 Å². The molecule has 1 N–H and O–H groups in total. The van der Waals surface area contributed by atoms with Crippen LogP contribution in [-0.4, -0.2) is 29.9 Å². The van der Waals surface area contributed by atoms with Gasteiger partial charge in [0.05, 0.1) is 7.11 Å². The molecule has 0 saturated heterocycles. The van der Waals surface area contributed by atoms with E-state index in [0.29, 0.717) is 0 Å². The summed E-state index contributed by atoms with van der Waals surface area (Å²) in [5.41, 5.74) is 0. The van der Waals surface area contributed by atoms with Gasteiger partial charge in [-0.2, -0.15) is 0 Å². The van der Waals surface area contributed by atoms with Crippen LogP contribution in [0.25, 0.3) is 0 Å². The predicted molar refractivity (Wildman–Crippen MR) is 33.8 cm³/mol. The van der Waals surface area contributed by atoms with E-state index in [-0.39, 0.29) is 0 Å². The minimum atomic E-state index is -1.62. The van der Waals surface area contributed by atoms with Crippen molar-refractivity contribution in [1.82, 2.24) is 0 Å². The van der Waals surface area contributed by atoms with Crippen molar-refractivity contribution >= 4 is 17.7 Å². The van der Waals surface area contributed by atoms with Gasteiger partial charge in [-0.05, 0) is 6.92 Å². The summed E-state index contributed by atoms with van der Waals surface area (Å²) < 4.78 is 4.16. The highest BCUT2D eigenvalue weighted by Gasteiger charge is 2.27. The number of ether oxygens (including phenoxy) is 1. The summed E-state index contributed by atoms with van der Waals surface area (Å²) in [5.74, 6) is -4.84. The molecular formula is C6H8O5. The Morgan fingerprint density at radius 3 is 2.09 bits per heavy atom. The number of carbonyl (C=O) groups is 3. The molecule has 0 amide bonds. The Morgan fingerprint density at radius 1 is 1.36 bits per heavy atom. The van der Waals surface area contributed by atoms with Crippen molar-refractivity contribution in [3.8, 4) is 0 Å². The molecule has 0 radical (unpaired) electrons. The van der Waals surface area contributed by atoms with Crippen molar-refractivity contribution < 1.29 is 24.2 Å². The Labute approximate surface area is 63.0 Å². The highest BCUT2D eigenvalue weighted by atomic mass is 16.5. The third kappa shape index (κ3) is 2.37. The lowest BCUT2D eigenvalue weighted by Crippen LogP contribution is -2.28. The first-order valence-corrected chi connectivity index (χ1v) is 2.85. The molecular weight excluding hydrogens is 152 g/mol. The summed E-state index contributed by atoms with van der Waals surface area (Å²) in [4.78, 5) is 31.1. The quantitative estimate of drug-likeness (QED) is 0.340. The van der Waals surface area contributed by atoms with E-state index in [9.17, 15) is 14.4 Å². The molecule has 11 heavy (non-hydrogen) atoms. The fourth-order valence-electron chi connectivity index (χ4n) is 0.469. The number of hydrogen-bond donors (Lipinski definition) is 1. The standard InChI is InChI=1S/C6H8O5/c1-3(6(10)11-2)4(7)5(8)9/h3H,1-2H3,(H,8,9). The van der Waals surface area contributed by atoms with Gasteiger partial charge >= 0.3 is 11.9 Å². The van der Waals surface area contributed by atoms with Crippen molar-refractivity contribution in [3.05, 3.63) is 0 Å². The largest absolute Gasteiger partial charge is 0.475 e. The Balaban J connectivity index is 4.25. The minimum Gasteiger partial charge on any atom is -0.475 e. The van der Waals surface area contributed by atoms with Gasteiger partial charge in [0.2, 0.25) is 0 Å². The number of carbonyl (C=O) groups excluding carboxylic acids is 2. The highest BCUT2D eigenvalue weighted by Crippen LogP contribution is 1.98. The second-order valence-electron chi connectivity index (χ2n) is 1.91. The number of ketones is 1. The van der Waals surface area contributed by atoms with E-state index in [0.717, 1.165) is 7.11 Å². The van der Waals surface area contributed by atoms with Gasteiger partial charge < -0.3 is 9.84 Å². The molecule has 0 spiro atoms. The molecule has 5 nitrogen and oxygen atoms in total. The molecule has 0 aliphatic rings. The van der Waals surface area contributed by atoms with E-state index >= 15 is 0 Å². The summed E-state index contributed by atoms with van der Waals surface area (Å²) in [5, 5.41) is 8.14. The van der Waals surface area contributed by atoms with Crippen molar-refractivity contribution in [2.75, 3.05) is 7.11 Å². The van der Waals surface area contributed by atoms with Gasteiger partial charge in [-0.15, -0.1) is 0 Å². The second-order valence-corrected chi connectivity index (χ2v) is 1.91.